The summed E-state index contributed by atoms with van der Waals surface area (Å²) in [6.07, 6.45) is 2.22. The fourth-order valence-electron chi connectivity index (χ4n) is 3.16. The lowest BCUT2D eigenvalue weighted by Gasteiger charge is -2.10. The van der Waals surface area contributed by atoms with Crippen molar-refractivity contribution in [1.82, 2.24) is 20.0 Å². The van der Waals surface area contributed by atoms with Crippen LogP contribution in [0.25, 0.3) is 11.5 Å². The van der Waals surface area contributed by atoms with Crippen molar-refractivity contribution in [3.05, 3.63) is 57.9 Å². The number of nitrogens with one attached hydrogen (secondary N) is 1. The molecule has 6 nitrogen and oxygen atoms in total. The number of benzene rings is 1. The van der Waals surface area contributed by atoms with Crippen molar-refractivity contribution >= 4 is 17.5 Å². The highest BCUT2D eigenvalue weighted by Crippen LogP contribution is 2.39. The number of hydrogen-bond acceptors (Lipinski definition) is 4. The van der Waals surface area contributed by atoms with Gasteiger partial charge in [0.1, 0.15) is 12.4 Å². The summed E-state index contributed by atoms with van der Waals surface area (Å²) in [7, 11) is 0. The maximum Gasteiger partial charge on any atom is 0.259 e. The molecule has 2 heterocycles. The Morgan fingerprint density at radius 1 is 1.36 bits per heavy atom. The summed E-state index contributed by atoms with van der Waals surface area (Å²) >= 11 is 5.77. The molecule has 0 saturated heterocycles. The Labute approximate surface area is 166 Å². The van der Waals surface area contributed by atoms with Crippen LogP contribution in [0.1, 0.15) is 41.5 Å². The molecule has 1 aliphatic carbocycles. The maximum atomic E-state index is 13.2. The van der Waals surface area contributed by atoms with Crippen LogP contribution in [0.15, 0.2) is 28.8 Å². The van der Waals surface area contributed by atoms with Crippen LogP contribution in [0, 0.1) is 19.7 Å². The van der Waals surface area contributed by atoms with Gasteiger partial charge in [-0.15, -0.1) is 0 Å². The van der Waals surface area contributed by atoms with Crippen LogP contribution in [0.2, 0.25) is 5.02 Å². The van der Waals surface area contributed by atoms with Gasteiger partial charge in [-0.2, -0.15) is 4.98 Å². The SMILES string of the molecule is Cc1cc(-c2nc(C3CC3)no2)c(C)n1CC(=O)NCc1ccc(F)c(Cl)c1. The molecule has 1 amide bonds. The smallest absolute Gasteiger partial charge is 0.259 e. The van der Waals surface area contributed by atoms with Gasteiger partial charge in [0.05, 0.1) is 10.6 Å². The molecule has 1 fully saturated rings. The van der Waals surface area contributed by atoms with Gasteiger partial charge in [-0.05, 0) is 50.5 Å². The van der Waals surface area contributed by atoms with Crippen molar-refractivity contribution in [1.29, 1.82) is 0 Å². The molecule has 1 saturated carbocycles. The van der Waals surface area contributed by atoms with Crippen LogP contribution >= 0.6 is 11.6 Å². The van der Waals surface area contributed by atoms with Crippen LogP contribution < -0.4 is 5.32 Å². The molecule has 1 aromatic carbocycles. The molecule has 146 valence electrons. The lowest BCUT2D eigenvalue weighted by molar-refractivity contribution is -0.121. The molecule has 0 aliphatic heterocycles. The van der Waals surface area contributed by atoms with Crippen LogP contribution in [-0.2, 0) is 17.9 Å². The van der Waals surface area contributed by atoms with Crippen LogP contribution in [-0.4, -0.2) is 20.6 Å². The molecule has 0 unspecified atom stereocenters. The summed E-state index contributed by atoms with van der Waals surface area (Å²) in [5.74, 6) is 1.04. The number of carbonyl (C=O) groups is 1. The first-order chi connectivity index (χ1) is 13.4. The molecule has 0 bridgehead atoms. The lowest BCUT2D eigenvalue weighted by atomic mass is 10.2. The normalized spacial score (nSPS) is 13.7. The minimum atomic E-state index is -0.478. The number of aromatic nitrogens is 3. The van der Waals surface area contributed by atoms with Crippen molar-refractivity contribution in [2.75, 3.05) is 0 Å². The number of hydrogen-bond donors (Lipinski definition) is 1. The molecule has 8 heteroatoms. The highest BCUT2D eigenvalue weighted by Gasteiger charge is 2.29. The van der Waals surface area contributed by atoms with E-state index in [1.54, 1.807) is 6.07 Å². The standard InChI is InChI=1S/C20H20ClFN4O2/c1-11-7-15(20-24-19(25-28-20)14-4-5-14)12(2)26(11)10-18(27)23-9-13-3-6-17(22)16(21)8-13/h3,6-8,14H,4-5,9-10H2,1-2H3,(H,23,27). The number of rotatable bonds is 6. The number of carbonyl (C=O) groups excluding carboxylic acids is 1. The minimum Gasteiger partial charge on any atom is -0.350 e. The molecular formula is C20H20ClFN4O2. The van der Waals surface area contributed by atoms with E-state index >= 15 is 0 Å². The highest BCUT2D eigenvalue weighted by molar-refractivity contribution is 6.30. The zero-order valence-corrected chi connectivity index (χ0v) is 16.4. The van der Waals surface area contributed by atoms with Gasteiger partial charge in [0.25, 0.3) is 5.89 Å². The second kappa shape index (κ2) is 7.39. The van der Waals surface area contributed by atoms with Gasteiger partial charge >= 0.3 is 0 Å². The van der Waals surface area contributed by atoms with Crippen LogP contribution in [0.5, 0.6) is 0 Å². The van der Waals surface area contributed by atoms with Crippen molar-refractivity contribution in [3.63, 3.8) is 0 Å². The largest absolute Gasteiger partial charge is 0.350 e. The Morgan fingerprint density at radius 2 is 2.14 bits per heavy atom. The van der Waals surface area contributed by atoms with E-state index in [2.05, 4.69) is 15.5 Å². The summed E-state index contributed by atoms with van der Waals surface area (Å²) in [6.45, 7) is 4.30. The summed E-state index contributed by atoms with van der Waals surface area (Å²) in [5.41, 5.74) is 3.40. The fraction of sp³-hybridized carbons (Fsp3) is 0.350. The van der Waals surface area contributed by atoms with Crippen molar-refractivity contribution in [3.8, 4) is 11.5 Å². The molecule has 1 N–H and O–H groups in total. The molecule has 0 radical (unpaired) electrons. The first-order valence-corrected chi connectivity index (χ1v) is 9.51. The van der Waals surface area contributed by atoms with E-state index in [1.807, 2.05) is 24.5 Å². The third-order valence-corrected chi connectivity index (χ3v) is 5.25. The van der Waals surface area contributed by atoms with E-state index in [9.17, 15) is 9.18 Å². The van der Waals surface area contributed by atoms with Gasteiger partial charge in [0.2, 0.25) is 5.91 Å². The Kier molecular flexibility index (Phi) is 4.93. The van der Waals surface area contributed by atoms with Crippen molar-refractivity contribution in [2.45, 2.75) is 45.7 Å². The van der Waals surface area contributed by atoms with E-state index < -0.39 is 5.82 Å². The van der Waals surface area contributed by atoms with E-state index in [0.29, 0.717) is 11.8 Å². The van der Waals surface area contributed by atoms with Crippen molar-refractivity contribution in [2.24, 2.45) is 0 Å². The summed E-state index contributed by atoms with van der Waals surface area (Å²) in [4.78, 5) is 16.9. The van der Waals surface area contributed by atoms with Gasteiger partial charge < -0.3 is 14.4 Å². The summed E-state index contributed by atoms with van der Waals surface area (Å²) in [6, 6.07) is 6.34. The van der Waals surface area contributed by atoms with Crippen LogP contribution in [0.4, 0.5) is 4.39 Å². The average molecular weight is 403 g/mol. The number of halogens is 2. The third kappa shape index (κ3) is 3.80. The molecule has 28 heavy (non-hydrogen) atoms. The molecule has 0 spiro atoms. The quantitative estimate of drug-likeness (QED) is 0.672. The zero-order chi connectivity index (χ0) is 19.8. The lowest BCUT2D eigenvalue weighted by Crippen LogP contribution is -2.27. The zero-order valence-electron chi connectivity index (χ0n) is 15.6. The van der Waals surface area contributed by atoms with Crippen molar-refractivity contribution < 1.29 is 13.7 Å². The molecule has 4 rings (SSSR count). The van der Waals surface area contributed by atoms with Gasteiger partial charge in [-0.3, -0.25) is 4.79 Å². The molecule has 2 aromatic heterocycles. The monoisotopic (exact) mass is 402 g/mol. The minimum absolute atomic E-state index is 0.0404. The predicted octanol–water partition coefficient (Wildman–Crippen LogP) is 4.14. The number of amides is 1. The van der Waals surface area contributed by atoms with Gasteiger partial charge in [0.15, 0.2) is 5.82 Å². The van der Waals surface area contributed by atoms with E-state index in [0.717, 1.165) is 41.2 Å². The van der Waals surface area contributed by atoms with E-state index in [-0.39, 0.29) is 24.0 Å². The molecule has 3 aromatic rings. The Bertz CT molecular complexity index is 1040. The third-order valence-electron chi connectivity index (χ3n) is 4.96. The van der Waals surface area contributed by atoms with E-state index in [1.165, 1.54) is 12.1 Å². The van der Waals surface area contributed by atoms with E-state index in [4.69, 9.17) is 16.1 Å². The molecule has 1 aliphatic rings. The Morgan fingerprint density at radius 3 is 2.86 bits per heavy atom. The van der Waals surface area contributed by atoms with Gasteiger partial charge in [-0.1, -0.05) is 22.8 Å². The predicted molar refractivity (Wildman–Crippen MR) is 102 cm³/mol. The molecule has 0 atom stereocenters. The summed E-state index contributed by atoms with van der Waals surface area (Å²) in [5, 5.41) is 6.93. The average Bonchev–Trinajstić information content (AvgIpc) is 3.34. The van der Waals surface area contributed by atoms with Gasteiger partial charge in [-0.25, -0.2) is 4.39 Å². The topological polar surface area (TPSA) is 73.0 Å². The Balaban J connectivity index is 1.44. The molecular weight excluding hydrogens is 383 g/mol. The number of aryl methyl sites for hydroxylation is 1. The fourth-order valence-corrected chi connectivity index (χ4v) is 3.37. The second-order valence-corrected chi connectivity index (χ2v) is 7.54. The second-order valence-electron chi connectivity index (χ2n) is 7.13. The highest BCUT2D eigenvalue weighted by atomic mass is 35.5. The first-order valence-electron chi connectivity index (χ1n) is 9.13. The first kappa shape index (κ1) is 18.7. The maximum absolute atomic E-state index is 13.2. The van der Waals surface area contributed by atoms with Gasteiger partial charge in [0, 0.05) is 23.9 Å². The Hall–Kier alpha value is -2.67. The summed E-state index contributed by atoms with van der Waals surface area (Å²) < 4.78 is 20.5. The van der Waals surface area contributed by atoms with Crippen LogP contribution in [0.3, 0.4) is 0 Å². The number of nitrogens with zero attached hydrogens (tertiary/aromatic N) is 3.